The van der Waals surface area contributed by atoms with Gasteiger partial charge in [0.25, 0.3) is 0 Å². The minimum absolute atomic E-state index is 0.167. The number of nitrogens with zero attached hydrogens (tertiary/aromatic N) is 6. The summed E-state index contributed by atoms with van der Waals surface area (Å²) < 4.78 is 21.8. The number of fused-ring (bicyclic) bond motifs is 1. The van der Waals surface area contributed by atoms with Gasteiger partial charge in [0.2, 0.25) is 0 Å². The third kappa shape index (κ3) is 4.58. The Morgan fingerprint density at radius 1 is 1.14 bits per heavy atom. The van der Waals surface area contributed by atoms with Gasteiger partial charge >= 0.3 is 0 Å². The minimum atomic E-state index is -0.236. The molecule has 1 aliphatic rings. The molecule has 188 valence electrons. The molecule has 1 aliphatic heterocycles. The van der Waals surface area contributed by atoms with E-state index in [0.717, 1.165) is 65.0 Å². The molecular formula is C28H28FN7O. The predicted molar refractivity (Wildman–Crippen MR) is 140 cm³/mol. The summed E-state index contributed by atoms with van der Waals surface area (Å²) in [6.45, 7) is 4.15. The molecule has 3 aromatic heterocycles. The molecule has 0 saturated carbocycles. The Hall–Kier alpha value is -4.11. The van der Waals surface area contributed by atoms with Gasteiger partial charge in [0.1, 0.15) is 23.0 Å². The van der Waals surface area contributed by atoms with Crippen molar-refractivity contribution < 1.29 is 9.13 Å². The van der Waals surface area contributed by atoms with Crippen molar-refractivity contribution in [3.8, 4) is 28.3 Å². The van der Waals surface area contributed by atoms with Crippen LogP contribution in [0.3, 0.4) is 0 Å². The summed E-state index contributed by atoms with van der Waals surface area (Å²) in [7, 11) is 1.58. The van der Waals surface area contributed by atoms with Crippen molar-refractivity contribution in [1.82, 2.24) is 35.1 Å². The first kappa shape index (κ1) is 23.3. The van der Waals surface area contributed by atoms with Crippen LogP contribution in [0.4, 0.5) is 4.39 Å². The molecule has 4 heterocycles. The Bertz CT molecular complexity index is 1560. The number of hydrogen-bond donors (Lipinski definition) is 1. The highest BCUT2D eigenvalue weighted by atomic mass is 19.1. The molecule has 6 rings (SSSR count). The number of likely N-dealkylation sites (tertiary alicyclic amines) is 1. The number of methoxy groups -OCH3 is 1. The van der Waals surface area contributed by atoms with Crippen LogP contribution in [0.25, 0.3) is 33.4 Å². The van der Waals surface area contributed by atoms with Crippen molar-refractivity contribution in [2.45, 2.75) is 32.4 Å². The molecule has 1 N–H and O–H groups in total. The molecule has 1 saturated heterocycles. The Balaban J connectivity index is 1.23. The largest absolute Gasteiger partial charge is 0.496 e. The minimum Gasteiger partial charge on any atom is -0.496 e. The zero-order chi connectivity index (χ0) is 25.4. The van der Waals surface area contributed by atoms with E-state index in [1.165, 1.54) is 6.07 Å². The molecule has 0 unspecified atom stereocenters. The van der Waals surface area contributed by atoms with Crippen molar-refractivity contribution in [2.24, 2.45) is 0 Å². The SMILES string of the molecule is COc1cccc(F)c1CN1CCC[C@@H](n2cc(-c3ccc4[nH]nc(-c5ccnc(C)c5)c4c3)nn2)C1. The van der Waals surface area contributed by atoms with Gasteiger partial charge in [-0.3, -0.25) is 15.0 Å². The summed E-state index contributed by atoms with van der Waals surface area (Å²) in [5, 5.41) is 17.7. The number of aromatic nitrogens is 6. The lowest BCUT2D eigenvalue weighted by Gasteiger charge is -2.32. The number of piperidine rings is 1. The average Bonchev–Trinajstić information content (AvgIpc) is 3.57. The van der Waals surface area contributed by atoms with Gasteiger partial charge in [0, 0.05) is 47.1 Å². The van der Waals surface area contributed by atoms with Crippen LogP contribution in [0, 0.1) is 12.7 Å². The van der Waals surface area contributed by atoms with E-state index in [4.69, 9.17) is 4.74 Å². The summed E-state index contributed by atoms with van der Waals surface area (Å²) >= 11 is 0. The number of aryl methyl sites for hydroxylation is 1. The van der Waals surface area contributed by atoms with Gasteiger partial charge in [-0.15, -0.1) is 5.10 Å². The van der Waals surface area contributed by atoms with E-state index < -0.39 is 0 Å². The van der Waals surface area contributed by atoms with Gasteiger partial charge < -0.3 is 4.74 Å². The summed E-state index contributed by atoms with van der Waals surface area (Å²) in [6, 6.07) is 15.3. The van der Waals surface area contributed by atoms with Crippen LogP contribution in [-0.4, -0.2) is 55.3 Å². The molecule has 37 heavy (non-hydrogen) atoms. The molecule has 0 aliphatic carbocycles. The summed E-state index contributed by atoms with van der Waals surface area (Å²) in [4.78, 5) is 6.56. The molecule has 1 fully saturated rings. The number of aromatic amines is 1. The Kier molecular flexibility index (Phi) is 6.13. The van der Waals surface area contributed by atoms with Crippen molar-refractivity contribution in [3.63, 3.8) is 0 Å². The van der Waals surface area contributed by atoms with Gasteiger partial charge in [-0.1, -0.05) is 17.3 Å². The molecule has 8 nitrogen and oxygen atoms in total. The van der Waals surface area contributed by atoms with Gasteiger partial charge in [-0.25, -0.2) is 9.07 Å². The molecule has 2 aromatic carbocycles. The summed E-state index contributed by atoms with van der Waals surface area (Å²) in [5.41, 5.74) is 6.21. The number of H-pyrrole nitrogens is 1. The molecule has 5 aromatic rings. The van der Waals surface area contributed by atoms with E-state index in [1.54, 1.807) is 19.4 Å². The monoisotopic (exact) mass is 497 g/mol. The highest BCUT2D eigenvalue weighted by Crippen LogP contribution is 2.31. The van der Waals surface area contributed by atoms with Crippen LogP contribution in [0.15, 0.2) is 60.9 Å². The molecule has 0 amide bonds. The normalized spacial score (nSPS) is 16.4. The smallest absolute Gasteiger partial charge is 0.131 e. The fourth-order valence-electron chi connectivity index (χ4n) is 5.17. The number of halogens is 1. The third-order valence-electron chi connectivity index (χ3n) is 7.07. The first-order valence-corrected chi connectivity index (χ1v) is 12.5. The maximum atomic E-state index is 14.5. The third-order valence-corrected chi connectivity index (χ3v) is 7.07. The average molecular weight is 498 g/mol. The lowest BCUT2D eigenvalue weighted by molar-refractivity contribution is 0.159. The lowest BCUT2D eigenvalue weighted by Crippen LogP contribution is -2.36. The van der Waals surface area contributed by atoms with Crippen molar-refractivity contribution >= 4 is 10.9 Å². The lowest BCUT2D eigenvalue weighted by atomic mass is 10.0. The molecule has 0 radical (unpaired) electrons. The molecule has 0 bridgehead atoms. The second-order valence-corrected chi connectivity index (χ2v) is 9.55. The fraction of sp³-hybridized carbons (Fsp3) is 0.286. The Morgan fingerprint density at radius 2 is 2.05 bits per heavy atom. The van der Waals surface area contributed by atoms with E-state index >= 15 is 0 Å². The molecule has 1 atom stereocenters. The maximum Gasteiger partial charge on any atom is 0.131 e. The number of benzene rings is 2. The predicted octanol–water partition coefficient (Wildman–Crippen LogP) is 5.18. The van der Waals surface area contributed by atoms with E-state index in [0.29, 0.717) is 17.9 Å². The number of hydrogen-bond acceptors (Lipinski definition) is 6. The van der Waals surface area contributed by atoms with Gasteiger partial charge in [-0.05, 0) is 62.7 Å². The zero-order valence-corrected chi connectivity index (χ0v) is 20.9. The van der Waals surface area contributed by atoms with Crippen LogP contribution in [0.1, 0.15) is 30.1 Å². The summed E-state index contributed by atoms with van der Waals surface area (Å²) in [6.07, 6.45) is 5.82. The van der Waals surface area contributed by atoms with Crippen molar-refractivity contribution in [1.29, 1.82) is 0 Å². The van der Waals surface area contributed by atoms with Gasteiger partial charge in [0.05, 0.1) is 24.9 Å². The Morgan fingerprint density at radius 3 is 2.92 bits per heavy atom. The highest BCUT2D eigenvalue weighted by Gasteiger charge is 2.24. The number of rotatable bonds is 6. The first-order chi connectivity index (χ1) is 18.1. The first-order valence-electron chi connectivity index (χ1n) is 12.5. The van der Waals surface area contributed by atoms with Crippen LogP contribution >= 0.6 is 0 Å². The topological polar surface area (TPSA) is 84.8 Å². The van der Waals surface area contributed by atoms with Crippen LogP contribution < -0.4 is 4.74 Å². The quantitative estimate of drug-likeness (QED) is 0.348. The fourth-order valence-corrected chi connectivity index (χ4v) is 5.17. The van der Waals surface area contributed by atoms with Crippen molar-refractivity contribution in [3.05, 3.63) is 78.0 Å². The second-order valence-electron chi connectivity index (χ2n) is 9.55. The molecular weight excluding hydrogens is 469 g/mol. The molecule has 9 heteroatoms. The van der Waals surface area contributed by atoms with Crippen LogP contribution in [0.5, 0.6) is 5.75 Å². The number of ether oxygens (including phenoxy) is 1. The highest BCUT2D eigenvalue weighted by molar-refractivity contribution is 5.95. The van der Waals surface area contributed by atoms with E-state index in [2.05, 4.69) is 36.5 Å². The van der Waals surface area contributed by atoms with Crippen LogP contribution in [0.2, 0.25) is 0 Å². The van der Waals surface area contributed by atoms with Gasteiger partial charge in [0.15, 0.2) is 0 Å². The van der Waals surface area contributed by atoms with E-state index in [-0.39, 0.29) is 11.9 Å². The zero-order valence-electron chi connectivity index (χ0n) is 20.9. The summed E-state index contributed by atoms with van der Waals surface area (Å²) in [5.74, 6) is 0.349. The number of nitrogens with one attached hydrogen (secondary N) is 1. The Labute approximate surface area is 214 Å². The second kappa shape index (κ2) is 9.74. The standard InChI is InChI=1S/C28H28FN7O/c1-18-13-20(10-11-30-18)28-22-14-19(8-9-25(22)31-33-28)26-17-36(34-32-26)21-5-4-12-35(15-21)16-23-24(29)6-3-7-27(23)37-2/h3,6-11,13-14,17,21H,4-5,12,15-16H2,1-2H3,(H,31,33)/t21-/m1/s1. The van der Waals surface area contributed by atoms with Crippen LogP contribution in [-0.2, 0) is 6.54 Å². The van der Waals surface area contributed by atoms with E-state index in [9.17, 15) is 4.39 Å². The van der Waals surface area contributed by atoms with E-state index in [1.807, 2.05) is 48.1 Å². The van der Waals surface area contributed by atoms with Gasteiger partial charge in [-0.2, -0.15) is 5.10 Å². The number of pyridine rings is 1. The maximum absolute atomic E-state index is 14.5. The molecule has 0 spiro atoms. The van der Waals surface area contributed by atoms with Crippen molar-refractivity contribution in [2.75, 3.05) is 20.2 Å².